The van der Waals surface area contributed by atoms with E-state index in [1.54, 1.807) is 6.26 Å². The van der Waals surface area contributed by atoms with Crippen LogP contribution in [0, 0.1) is 5.92 Å². The van der Waals surface area contributed by atoms with Gasteiger partial charge in [-0.3, -0.25) is 0 Å². The summed E-state index contributed by atoms with van der Waals surface area (Å²) in [5, 5.41) is 0. The van der Waals surface area contributed by atoms with E-state index in [2.05, 4.69) is 19.9 Å². The van der Waals surface area contributed by atoms with Gasteiger partial charge in [-0.15, -0.1) is 0 Å². The van der Waals surface area contributed by atoms with E-state index in [9.17, 15) is 0 Å². The Morgan fingerprint density at radius 3 is 2.54 bits per heavy atom. The Kier molecular flexibility index (Phi) is 7.08. The summed E-state index contributed by atoms with van der Waals surface area (Å²) in [6.45, 7) is 8.40. The second-order valence-electron chi connectivity index (χ2n) is 3.05. The Labute approximate surface area is 81.5 Å². The van der Waals surface area contributed by atoms with Crippen molar-refractivity contribution in [3.8, 4) is 0 Å². The topological polar surface area (TPSA) is 13.1 Å². The second kappa shape index (κ2) is 7.66. The molecule has 1 heteroatoms. The Bertz CT molecular complexity index is 207. The molecular formula is C12H20O. The predicted octanol–water partition coefficient (Wildman–Crippen LogP) is 4.37. The fourth-order valence-electron chi connectivity index (χ4n) is 0.842. The highest BCUT2D eigenvalue weighted by Gasteiger charge is 1.89. The van der Waals surface area contributed by atoms with Crippen LogP contribution in [0.2, 0.25) is 0 Å². The molecule has 0 radical (unpaired) electrons. The third-order valence-corrected chi connectivity index (χ3v) is 1.43. The molecule has 0 atom stereocenters. The van der Waals surface area contributed by atoms with E-state index in [1.807, 2.05) is 32.1 Å². The van der Waals surface area contributed by atoms with Crippen molar-refractivity contribution in [2.24, 2.45) is 5.92 Å². The molecule has 0 saturated heterocycles. The van der Waals surface area contributed by atoms with Crippen LogP contribution in [0.4, 0.5) is 0 Å². The number of allylic oxidation sites excluding steroid dienone is 1. The lowest BCUT2D eigenvalue weighted by atomic mass is 10.1. The molecule has 0 aliphatic heterocycles. The minimum atomic E-state index is 0.723. The summed E-state index contributed by atoms with van der Waals surface area (Å²) >= 11 is 0. The molecule has 1 nitrogen and oxygen atoms in total. The highest BCUT2D eigenvalue weighted by molar-refractivity contribution is 5.41. The van der Waals surface area contributed by atoms with Gasteiger partial charge in [-0.1, -0.05) is 33.8 Å². The monoisotopic (exact) mass is 180 g/mol. The zero-order valence-corrected chi connectivity index (χ0v) is 9.08. The van der Waals surface area contributed by atoms with Gasteiger partial charge in [0.25, 0.3) is 0 Å². The predicted molar refractivity (Wildman–Crippen MR) is 58.5 cm³/mol. The van der Waals surface area contributed by atoms with Crippen molar-refractivity contribution < 1.29 is 4.42 Å². The Hall–Kier alpha value is -0.980. The molecule has 0 aliphatic carbocycles. The van der Waals surface area contributed by atoms with E-state index in [-0.39, 0.29) is 0 Å². The van der Waals surface area contributed by atoms with Crippen LogP contribution in [0.15, 0.2) is 28.9 Å². The molecule has 0 aliphatic rings. The smallest absolute Gasteiger partial charge is 0.126 e. The summed E-state index contributed by atoms with van der Waals surface area (Å²) in [6.07, 6.45) is 6.96. The van der Waals surface area contributed by atoms with Crippen molar-refractivity contribution in [2.45, 2.75) is 34.1 Å². The van der Waals surface area contributed by atoms with Gasteiger partial charge in [0, 0.05) is 0 Å². The van der Waals surface area contributed by atoms with Crippen LogP contribution < -0.4 is 0 Å². The normalized spacial score (nSPS) is 10.2. The molecular weight excluding hydrogens is 160 g/mol. The number of rotatable bonds is 3. The summed E-state index contributed by atoms with van der Waals surface area (Å²) in [5.74, 6) is 1.66. The first-order valence-corrected chi connectivity index (χ1v) is 4.99. The third kappa shape index (κ3) is 6.21. The zero-order chi connectivity index (χ0) is 10.1. The van der Waals surface area contributed by atoms with Crippen LogP contribution >= 0.6 is 0 Å². The summed E-state index contributed by atoms with van der Waals surface area (Å²) in [5.41, 5.74) is 0. The molecule has 0 bridgehead atoms. The molecule has 1 heterocycles. The van der Waals surface area contributed by atoms with E-state index in [0.717, 1.165) is 18.1 Å². The van der Waals surface area contributed by atoms with Gasteiger partial charge in [-0.25, -0.2) is 0 Å². The maximum absolute atomic E-state index is 5.13. The van der Waals surface area contributed by atoms with Crippen molar-refractivity contribution >= 4 is 6.08 Å². The zero-order valence-electron chi connectivity index (χ0n) is 9.08. The molecule has 0 aromatic carbocycles. The lowest BCUT2D eigenvalue weighted by molar-refractivity contribution is 0.556. The summed E-state index contributed by atoms with van der Waals surface area (Å²) < 4.78 is 5.13. The lowest BCUT2D eigenvalue weighted by Gasteiger charge is -1.94. The van der Waals surface area contributed by atoms with Crippen LogP contribution in [0.1, 0.15) is 39.9 Å². The Balaban J connectivity index is 0.000000671. The average molecular weight is 180 g/mol. The molecule has 0 saturated carbocycles. The van der Waals surface area contributed by atoms with Gasteiger partial charge in [0.15, 0.2) is 0 Å². The van der Waals surface area contributed by atoms with E-state index in [1.165, 1.54) is 0 Å². The van der Waals surface area contributed by atoms with E-state index < -0.39 is 0 Å². The van der Waals surface area contributed by atoms with Gasteiger partial charge in [0.1, 0.15) is 5.76 Å². The molecule has 1 rings (SSSR count). The first-order valence-electron chi connectivity index (χ1n) is 4.99. The molecule has 74 valence electrons. The first-order chi connectivity index (χ1) is 6.29. The van der Waals surface area contributed by atoms with Gasteiger partial charge in [0.05, 0.1) is 6.26 Å². The van der Waals surface area contributed by atoms with E-state index in [4.69, 9.17) is 4.42 Å². The average Bonchev–Trinajstić information content (AvgIpc) is 2.60. The summed E-state index contributed by atoms with van der Waals surface area (Å²) in [4.78, 5) is 0. The van der Waals surface area contributed by atoms with Crippen molar-refractivity contribution in [2.75, 3.05) is 0 Å². The van der Waals surface area contributed by atoms with Crippen molar-refractivity contribution in [1.29, 1.82) is 0 Å². The number of furan rings is 1. The summed E-state index contributed by atoms with van der Waals surface area (Å²) in [6, 6.07) is 3.85. The van der Waals surface area contributed by atoms with Gasteiger partial charge < -0.3 is 4.42 Å². The molecule has 0 spiro atoms. The van der Waals surface area contributed by atoms with Gasteiger partial charge in [0.2, 0.25) is 0 Å². The minimum absolute atomic E-state index is 0.723. The SMILES string of the molecule is CC.CC(C)C/C=C/c1ccco1. The van der Waals surface area contributed by atoms with E-state index in [0.29, 0.717) is 0 Å². The van der Waals surface area contributed by atoms with Gasteiger partial charge >= 0.3 is 0 Å². The Morgan fingerprint density at radius 2 is 2.08 bits per heavy atom. The molecule has 0 unspecified atom stereocenters. The molecule has 0 fully saturated rings. The highest BCUT2D eigenvalue weighted by atomic mass is 16.3. The number of hydrogen-bond acceptors (Lipinski definition) is 1. The van der Waals surface area contributed by atoms with Crippen molar-refractivity contribution in [1.82, 2.24) is 0 Å². The quantitative estimate of drug-likeness (QED) is 0.673. The standard InChI is InChI=1S/C10H14O.C2H6/c1-9(2)5-3-6-10-7-4-8-11-10;1-2/h3-4,6-9H,5H2,1-2H3;1-2H3/b6-3+;. The second-order valence-corrected chi connectivity index (χ2v) is 3.05. The number of hydrogen-bond donors (Lipinski definition) is 0. The van der Waals surface area contributed by atoms with Crippen molar-refractivity contribution in [3.05, 3.63) is 30.2 Å². The molecule has 1 aromatic rings. The van der Waals surface area contributed by atoms with Crippen LogP contribution in [-0.2, 0) is 0 Å². The first kappa shape index (κ1) is 12.0. The maximum atomic E-state index is 5.13. The molecule has 0 N–H and O–H groups in total. The highest BCUT2D eigenvalue weighted by Crippen LogP contribution is 2.06. The Morgan fingerprint density at radius 1 is 1.38 bits per heavy atom. The molecule has 1 aromatic heterocycles. The van der Waals surface area contributed by atoms with Crippen LogP contribution in [0.5, 0.6) is 0 Å². The molecule has 0 amide bonds. The largest absolute Gasteiger partial charge is 0.465 e. The lowest BCUT2D eigenvalue weighted by Crippen LogP contribution is -1.80. The van der Waals surface area contributed by atoms with Crippen LogP contribution in [0.25, 0.3) is 6.08 Å². The summed E-state index contributed by atoms with van der Waals surface area (Å²) in [7, 11) is 0. The van der Waals surface area contributed by atoms with Gasteiger partial charge in [-0.05, 0) is 30.5 Å². The van der Waals surface area contributed by atoms with Crippen LogP contribution in [-0.4, -0.2) is 0 Å². The fraction of sp³-hybridized carbons (Fsp3) is 0.500. The van der Waals surface area contributed by atoms with Gasteiger partial charge in [-0.2, -0.15) is 0 Å². The molecule has 13 heavy (non-hydrogen) atoms. The fourth-order valence-corrected chi connectivity index (χ4v) is 0.842. The maximum Gasteiger partial charge on any atom is 0.126 e. The minimum Gasteiger partial charge on any atom is -0.465 e. The third-order valence-electron chi connectivity index (χ3n) is 1.43. The van der Waals surface area contributed by atoms with E-state index >= 15 is 0 Å². The van der Waals surface area contributed by atoms with Crippen molar-refractivity contribution in [3.63, 3.8) is 0 Å². The van der Waals surface area contributed by atoms with Crippen LogP contribution in [0.3, 0.4) is 0 Å².